The van der Waals surface area contributed by atoms with Gasteiger partial charge in [-0.25, -0.2) is 4.79 Å². The van der Waals surface area contributed by atoms with E-state index >= 15 is 0 Å². The highest BCUT2D eigenvalue weighted by Gasteiger charge is 2.23. The number of carboxylic acids is 1. The summed E-state index contributed by atoms with van der Waals surface area (Å²) in [5, 5.41) is 26.8. The molecule has 0 aliphatic heterocycles. The Morgan fingerprint density at radius 1 is 1.00 bits per heavy atom. The lowest BCUT2D eigenvalue weighted by Crippen LogP contribution is -2.14. The van der Waals surface area contributed by atoms with Crippen LogP contribution in [0.25, 0.3) is 0 Å². The van der Waals surface area contributed by atoms with Crippen molar-refractivity contribution in [1.29, 1.82) is 0 Å². The molecule has 0 saturated heterocycles. The molecule has 0 aromatic heterocycles. The third-order valence-electron chi connectivity index (χ3n) is 2.44. The van der Waals surface area contributed by atoms with E-state index < -0.39 is 11.7 Å². The van der Waals surface area contributed by atoms with E-state index in [1.807, 2.05) is 0 Å². The first-order chi connectivity index (χ1) is 6.13. The fraction of sp³-hybridized carbons (Fsp3) is 0.667. The minimum atomic E-state index is -1.46. The molecule has 0 heterocycles. The highest BCUT2D eigenvalue weighted by atomic mass is 16.4. The fourth-order valence-electron chi connectivity index (χ4n) is 1.68. The Morgan fingerprint density at radius 2 is 1.54 bits per heavy atom. The molecule has 0 spiro atoms. The maximum Gasteiger partial charge on any atom is 0.374 e. The van der Waals surface area contributed by atoms with Crippen LogP contribution in [-0.2, 0) is 4.79 Å². The van der Waals surface area contributed by atoms with Crippen LogP contribution < -0.4 is 0 Å². The lowest BCUT2D eigenvalue weighted by molar-refractivity contribution is -0.136. The zero-order chi connectivity index (χ0) is 9.84. The van der Waals surface area contributed by atoms with Gasteiger partial charge in [-0.3, -0.25) is 0 Å². The summed E-state index contributed by atoms with van der Waals surface area (Å²) in [6.07, 6.45) is 4.63. The summed E-state index contributed by atoms with van der Waals surface area (Å²) in [5.74, 6) is -2.87. The third kappa shape index (κ3) is 2.37. The molecule has 0 unspecified atom stereocenters. The molecular weight excluding hydrogens is 172 g/mol. The van der Waals surface area contributed by atoms with Crippen molar-refractivity contribution < 1.29 is 20.1 Å². The van der Waals surface area contributed by atoms with Gasteiger partial charge in [0.1, 0.15) is 5.76 Å². The Bertz CT molecular complexity index is 226. The van der Waals surface area contributed by atoms with Crippen LogP contribution in [0, 0.1) is 5.92 Å². The number of rotatable bonds is 2. The first kappa shape index (κ1) is 9.89. The standard InChI is InChI=1S/C9H14O4/c10-7(8(11)9(12)13)6-4-2-1-3-5-6/h6,10-11H,1-5H2,(H,12,13). The van der Waals surface area contributed by atoms with E-state index in [4.69, 9.17) is 10.2 Å². The van der Waals surface area contributed by atoms with Gasteiger partial charge in [0.2, 0.25) is 5.76 Å². The molecule has 1 aliphatic rings. The number of carbonyl (C=O) groups is 1. The van der Waals surface area contributed by atoms with Gasteiger partial charge in [0, 0.05) is 5.92 Å². The largest absolute Gasteiger partial charge is 0.508 e. The van der Waals surface area contributed by atoms with Crippen molar-refractivity contribution in [1.82, 2.24) is 0 Å². The minimum Gasteiger partial charge on any atom is -0.508 e. The molecule has 0 aromatic carbocycles. The summed E-state index contributed by atoms with van der Waals surface area (Å²) in [6, 6.07) is 0. The van der Waals surface area contributed by atoms with Gasteiger partial charge >= 0.3 is 5.97 Å². The first-order valence-electron chi connectivity index (χ1n) is 4.48. The number of hydrogen-bond acceptors (Lipinski definition) is 3. The second kappa shape index (κ2) is 4.16. The van der Waals surface area contributed by atoms with Crippen LogP contribution in [0.5, 0.6) is 0 Å². The average molecular weight is 186 g/mol. The van der Waals surface area contributed by atoms with Crippen molar-refractivity contribution in [2.45, 2.75) is 32.1 Å². The predicted molar refractivity (Wildman–Crippen MR) is 46.5 cm³/mol. The Labute approximate surface area is 76.5 Å². The lowest BCUT2D eigenvalue weighted by atomic mass is 9.87. The predicted octanol–water partition coefficient (Wildman–Crippen LogP) is 1.98. The summed E-state index contributed by atoms with van der Waals surface area (Å²) in [5.41, 5.74) is 0. The summed E-state index contributed by atoms with van der Waals surface area (Å²) in [4.78, 5) is 10.3. The Morgan fingerprint density at radius 3 is 2.00 bits per heavy atom. The summed E-state index contributed by atoms with van der Waals surface area (Å²) in [7, 11) is 0. The van der Waals surface area contributed by atoms with Gasteiger partial charge < -0.3 is 15.3 Å². The topological polar surface area (TPSA) is 77.8 Å². The molecule has 3 N–H and O–H groups in total. The maximum atomic E-state index is 10.3. The quantitative estimate of drug-likeness (QED) is 0.455. The number of aliphatic hydroxyl groups is 2. The number of allylic oxidation sites excluding steroid dienone is 1. The SMILES string of the molecule is O=C(O)C(O)=C(O)C1CCCCC1. The van der Waals surface area contributed by atoms with E-state index in [1.165, 1.54) is 0 Å². The second-order valence-corrected chi connectivity index (χ2v) is 3.37. The van der Waals surface area contributed by atoms with Gasteiger partial charge in [0.05, 0.1) is 0 Å². The second-order valence-electron chi connectivity index (χ2n) is 3.37. The van der Waals surface area contributed by atoms with Gasteiger partial charge in [0.25, 0.3) is 0 Å². The lowest BCUT2D eigenvalue weighted by Gasteiger charge is -2.20. The fourth-order valence-corrected chi connectivity index (χ4v) is 1.68. The molecule has 0 bridgehead atoms. The zero-order valence-corrected chi connectivity index (χ0v) is 7.36. The zero-order valence-electron chi connectivity index (χ0n) is 7.36. The van der Waals surface area contributed by atoms with Crippen LogP contribution in [0.3, 0.4) is 0 Å². The summed E-state index contributed by atoms with van der Waals surface area (Å²) >= 11 is 0. The molecule has 4 heteroatoms. The van der Waals surface area contributed by atoms with Crippen molar-refractivity contribution in [3.63, 3.8) is 0 Å². The molecule has 1 rings (SSSR count). The normalized spacial score (nSPS) is 20.9. The smallest absolute Gasteiger partial charge is 0.374 e. The van der Waals surface area contributed by atoms with Gasteiger partial charge in [0.15, 0.2) is 0 Å². The van der Waals surface area contributed by atoms with Crippen molar-refractivity contribution in [2.75, 3.05) is 0 Å². The van der Waals surface area contributed by atoms with Crippen molar-refractivity contribution >= 4 is 5.97 Å². The van der Waals surface area contributed by atoms with Crippen LogP contribution in [0.4, 0.5) is 0 Å². The molecule has 0 atom stereocenters. The molecule has 0 radical (unpaired) electrons. The van der Waals surface area contributed by atoms with Gasteiger partial charge in [-0.2, -0.15) is 0 Å². The average Bonchev–Trinajstić information content (AvgIpc) is 2.17. The Hall–Kier alpha value is -1.19. The van der Waals surface area contributed by atoms with E-state index in [-0.39, 0.29) is 11.7 Å². The molecule has 1 saturated carbocycles. The van der Waals surface area contributed by atoms with Crippen molar-refractivity contribution in [3.8, 4) is 0 Å². The molecule has 13 heavy (non-hydrogen) atoms. The highest BCUT2D eigenvalue weighted by molar-refractivity contribution is 5.84. The summed E-state index contributed by atoms with van der Waals surface area (Å²) < 4.78 is 0. The van der Waals surface area contributed by atoms with Crippen LogP contribution >= 0.6 is 0 Å². The molecule has 0 aromatic rings. The molecule has 74 valence electrons. The van der Waals surface area contributed by atoms with Crippen LogP contribution in [-0.4, -0.2) is 21.3 Å². The highest BCUT2D eigenvalue weighted by Crippen LogP contribution is 2.29. The Balaban J connectivity index is 2.68. The molecule has 1 aliphatic carbocycles. The monoisotopic (exact) mass is 186 g/mol. The van der Waals surface area contributed by atoms with E-state index in [2.05, 4.69) is 0 Å². The van der Waals surface area contributed by atoms with Gasteiger partial charge in [-0.15, -0.1) is 0 Å². The van der Waals surface area contributed by atoms with E-state index in [9.17, 15) is 9.90 Å². The molecular formula is C9H14O4. The maximum absolute atomic E-state index is 10.3. The van der Waals surface area contributed by atoms with E-state index in [0.717, 1.165) is 32.1 Å². The number of aliphatic hydroxyl groups excluding tert-OH is 2. The summed E-state index contributed by atoms with van der Waals surface area (Å²) in [6.45, 7) is 0. The van der Waals surface area contributed by atoms with Crippen molar-refractivity contribution in [3.05, 3.63) is 11.5 Å². The number of hydrogen-bond donors (Lipinski definition) is 3. The Kier molecular flexibility index (Phi) is 3.17. The van der Waals surface area contributed by atoms with Gasteiger partial charge in [-0.1, -0.05) is 19.3 Å². The van der Waals surface area contributed by atoms with Crippen LogP contribution in [0.1, 0.15) is 32.1 Å². The third-order valence-corrected chi connectivity index (χ3v) is 2.44. The van der Waals surface area contributed by atoms with Crippen LogP contribution in [0.15, 0.2) is 11.5 Å². The van der Waals surface area contributed by atoms with Crippen LogP contribution in [0.2, 0.25) is 0 Å². The van der Waals surface area contributed by atoms with Crippen molar-refractivity contribution in [2.24, 2.45) is 5.92 Å². The number of aliphatic carboxylic acids is 1. The minimum absolute atomic E-state index is 0.162. The first-order valence-corrected chi connectivity index (χ1v) is 4.48. The van der Waals surface area contributed by atoms with E-state index in [1.54, 1.807) is 0 Å². The molecule has 0 amide bonds. The van der Waals surface area contributed by atoms with Gasteiger partial charge in [-0.05, 0) is 12.8 Å². The number of carboxylic acid groups (broad SMARTS) is 1. The molecule has 1 fully saturated rings. The van der Waals surface area contributed by atoms with E-state index in [0.29, 0.717) is 0 Å². The molecule has 4 nitrogen and oxygen atoms in total.